The number of thioether (sulfide) groups is 2. The maximum Gasteiger partial charge on any atom is 0.326 e. The first-order chi connectivity index (χ1) is 28.0. The Bertz CT molecular complexity index is 2380. The number of carbonyl (C=O) groups is 2. The van der Waals surface area contributed by atoms with Crippen molar-refractivity contribution in [3.63, 3.8) is 0 Å². The maximum absolute atomic E-state index is 12.8. The zero-order valence-corrected chi connectivity index (χ0v) is 37.1. The molecule has 0 amide bonds. The van der Waals surface area contributed by atoms with Gasteiger partial charge in [-0.1, -0.05) is 51.2 Å². The van der Waals surface area contributed by atoms with Crippen molar-refractivity contribution in [2.45, 2.75) is 110 Å². The van der Waals surface area contributed by atoms with Crippen LogP contribution in [0.2, 0.25) is 0 Å². The summed E-state index contributed by atoms with van der Waals surface area (Å²) >= 11 is 2.72. The Morgan fingerprint density at radius 3 is 1.68 bits per heavy atom. The number of ether oxygens (including phenoxy) is 1. The molecular formula is C43H57N9O5S2. The van der Waals surface area contributed by atoms with Crippen LogP contribution >= 0.6 is 23.5 Å². The van der Waals surface area contributed by atoms with Crippen LogP contribution in [0.4, 0.5) is 0 Å². The van der Waals surface area contributed by atoms with Crippen LogP contribution in [0, 0.1) is 11.8 Å². The van der Waals surface area contributed by atoms with Crippen LogP contribution in [0.1, 0.15) is 77.4 Å². The van der Waals surface area contributed by atoms with Crippen LogP contribution in [0.15, 0.2) is 81.3 Å². The zero-order valence-electron chi connectivity index (χ0n) is 35.5. The average molecular weight is 844 g/mol. The minimum Gasteiger partial charge on any atom is -0.459 e. The zero-order chi connectivity index (χ0) is 43.3. The molecule has 0 aliphatic heterocycles. The Morgan fingerprint density at radius 2 is 1.24 bits per heavy atom. The lowest BCUT2D eigenvalue weighted by Crippen LogP contribution is -2.33. The Morgan fingerprint density at radius 1 is 0.763 bits per heavy atom. The van der Waals surface area contributed by atoms with Crippen molar-refractivity contribution in [2.75, 3.05) is 12.5 Å². The number of aromatic nitrogens is 8. The van der Waals surface area contributed by atoms with Gasteiger partial charge in [0.1, 0.15) is 12.1 Å². The number of carbonyl (C=O) groups excluding carboxylic acids is 2. The summed E-state index contributed by atoms with van der Waals surface area (Å²) < 4.78 is 8.19. The number of H-pyrrole nitrogens is 2. The van der Waals surface area contributed by atoms with E-state index in [1.54, 1.807) is 51.8 Å². The minimum atomic E-state index is -0.566. The van der Waals surface area contributed by atoms with E-state index < -0.39 is 11.6 Å². The molecule has 59 heavy (non-hydrogen) atoms. The summed E-state index contributed by atoms with van der Waals surface area (Å²) in [7, 11) is 0. The molecule has 6 rings (SSSR count). The molecule has 6 aromatic rings. The Labute approximate surface area is 353 Å². The molecule has 0 atom stereocenters. The molecule has 0 saturated carbocycles. The molecule has 0 unspecified atom stereocenters. The van der Waals surface area contributed by atoms with Gasteiger partial charge in [-0.05, 0) is 88.6 Å². The molecule has 316 valence electrons. The first-order valence-corrected chi connectivity index (χ1v) is 22.0. The van der Waals surface area contributed by atoms with Gasteiger partial charge in [-0.15, -0.1) is 0 Å². The van der Waals surface area contributed by atoms with Gasteiger partial charge in [0.15, 0.2) is 16.1 Å². The van der Waals surface area contributed by atoms with E-state index in [1.165, 1.54) is 32.7 Å². The summed E-state index contributed by atoms with van der Waals surface area (Å²) in [4.78, 5) is 73.0. The van der Waals surface area contributed by atoms with E-state index in [9.17, 15) is 19.2 Å². The van der Waals surface area contributed by atoms with Crippen molar-refractivity contribution in [1.29, 1.82) is 0 Å². The third-order valence-corrected chi connectivity index (χ3v) is 10.1. The van der Waals surface area contributed by atoms with E-state index in [-0.39, 0.29) is 30.0 Å². The van der Waals surface area contributed by atoms with Gasteiger partial charge >= 0.3 is 5.97 Å². The van der Waals surface area contributed by atoms with E-state index in [1.807, 2.05) is 56.8 Å². The lowest BCUT2D eigenvalue weighted by Gasteiger charge is -2.20. The van der Waals surface area contributed by atoms with Crippen molar-refractivity contribution in [3.05, 3.63) is 105 Å². The number of nitrogens with two attached hydrogens (primary N) is 1. The van der Waals surface area contributed by atoms with E-state index in [0.29, 0.717) is 65.5 Å². The monoisotopic (exact) mass is 843 g/mol. The fraction of sp³-hybridized carbons (Fsp3) is 0.442. The number of nitrogens with one attached hydrogen (secondary N) is 2. The van der Waals surface area contributed by atoms with Crippen molar-refractivity contribution >= 4 is 57.1 Å². The Kier molecular flexibility index (Phi) is 17.2. The van der Waals surface area contributed by atoms with Gasteiger partial charge < -0.3 is 20.4 Å². The molecule has 0 aliphatic carbocycles. The minimum absolute atomic E-state index is 0.0210. The topological polar surface area (TPSA) is 197 Å². The Hall–Kier alpha value is -5.06. The third-order valence-electron chi connectivity index (χ3n) is 8.67. The smallest absolute Gasteiger partial charge is 0.326 e. The molecule has 0 fully saturated rings. The molecule has 0 saturated heterocycles. The van der Waals surface area contributed by atoms with Gasteiger partial charge in [0.25, 0.3) is 11.1 Å². The SMILES string of the molecule is CSc1ncc(CC(C)C)c(=O)n1CC(=O)CCc1cc2cnccc2[nH]1.CSc1ncc(CC(C)C)c(=O)n1CC(=O)OC(C)(C)C.NCc1cc2cnccc2[nH]1. The molecule has 0 spiro atoms. The molecule has 16 heteroatoms. The second kappa shape index (κ2) is 21.8. The molecule has 0 aliphatic rings. The van der Waals surface area contributed by atoms with Crippen LogP contribution in [-0.2, 0) is 53.2 Å². The number of hydrogen-bond donors (Lipinski definition) is 3. The number of rotatable bonds is 14. The summed E-state index contributed by atoms with van der Waals surface area (Å²) in [6.07, 6.45) is 16.4. The molecule has 0 radical (unpaired) electrons. The number of pyridine rings is 2. The number of hydrogen-bond acceptors (Lipinski definition) is 12. The van der Waals surface area contributed by atoms with Gasteiger partial charge in [0.2, 0.25) is 0 Å². The average Bonchev–Trinajstić information content (AvgIpc) is 3.81. The van der Waals surface area contributed by atoms with Crippen LogP contribution < -0.4 is 16.9 Å². The van der Waals surface area contributed by atoms with Crippen molar-refractivity contribution in [3.8, 4) is 0 Å². The van der Waals surface area contributed by atoms with Crippen LogP contribution in [-0.4, -0.2) is 68.9 Å². The van der Waals surface area contributed by atoms with Crippen LogP contribution in [0.5, 0.6) is 0 Å². The van der Waals surface area contributed by atoms with Crippen LogP contribution in [0.25, 0.3) is 21.8 Å². The van der Waals surface area contributed by atoms with Gasteiger partial charge in [-0.3, -0.25) is 38.3 Å². The van der Waals surface area contributed by atoms with Gasteiger partial charge in [-0.2, -0.15) is 0 Å². The highest BCUT2D eigenvalue weighted by molar-refractivity contribution is 7.98. The summed E-state index contributed by atoms with van der Waals surface area (Å²) in [5.74, 6) is 0.311. The van der Waals surface area contributed by atoms with Gasteiger partial charge in [0.05, 0.1) is 6.54 Å². The summed E-state index contributed by atoms with van der Waals surface area (Å²) in [5.41, 5.74) is 10.1. The largest absolute Gasteiger partial charge is 0.459 e. The van der Waals surface area contributed by atoms with E-state index >= 15 is 0 Å². The normalized spacial score (nSPS) is 11.4. The highest BCUT2D eigenvalue weighted by atomic mass is 32.2. The van der Waals surface area contributed by atoms with E-state index in [0.717, 1.165) is 33.2 Å². The fourth-order valence-electron chi connectivity index (χ4n) is 6.14. The lowest BCUT2D eigenvalue weighted by molar-refractivity contribution is -0.155. The predicted octanol–water partition coefficient (Wildman–Crippen LogP) is 6.77. The van der Waals surface area contributed by atoms with Crippen LogP contribution in [0.3, 0.4) is 0 Å². The second-order valence-electron chi connectivity index (χ2n) is 15.9. The summed E-state index contributed by atoms with van der Waals surface area (Å²) in [6, 6.07) is 7.88. The first kappa shape index (κ1) is 46.6. The second-order valence-corrected chi connectivity index (χ2v) is 17.4. The number of fused-ring (bicyclic) bond motifs is 2. The number of Topliss-reactive ketones (excluding diaryl/α,β-unsaturated/α-hetero) is 1. The van der Waals surface area contributed by atoms with Crippen molar-refractivity contribution < 1.29 is 14.3 Å². The van der Waals surface area contributed by atoms with E-state index in [2.05, 4.69) is 43.8 Å². The molecule has 0 aromatic carbocycles. The highest BCUT2D eigenvalue weighted by Gasteiger charge is 2.20. The maximum atomic E-state index is 12.8. The summed E-state index contributed by atoms with van der Waals surface area (Å²) in [6.45, 7) is 14.1. The predicted molar refractivity (Wildman–Crippen MR) is 237 cm³/mol. The van der Waals surface area contributed by atoms with Crippen molar-refractivity contribution in [1.82, 2.24) is 39.0 Å². The van der Waals surface area contributed by atoms with Gasteiger partial charge in [-0.25, -0.2) is 9.97 Å². The highest BCUT2D eigenvalue weighted by Crippen LogP contribution is 2.17. The number of nitrogens with zero attached hydrogens (tertiary/aromatic N) is 6. The number of aryl methyl sites for hydroxylation is 1. The lowest BCUT2D eigenvalue weighted by atomic mass is 10.1. The molecule has 14 nitrogen and oxygen atoms in total. The first-order valence-electron chi connectivity index (χ1n) is 19.5. The summed E-state index contributed by atoms with van der Waals surface area (Å²) in [5, 5.41) is 3.26. The fourth-order valence-corrected chi connectivity index (χ4v) is 7.19. The van der Waals surface area contributed by atoms with Crippen molar-refractivity contribution in [2.24, 2.45) is 17.6 Å². The number of ketones is 1. The number of esters is 1. The van der Waals surface area contributed by atoms with Gasteiger partial charge in [0, 0.05) is 94.5 Å². The molecule has 6 aromatic heterocycles. The Balaban J connectivity index is 0.000000212. The number of aromatic amines is 2. The van der Waals surface area contributed by atoms with E-state index in [4.69, 9.17) is 10.5 Å². The molecule has 4 N–H and O–H groups in total. The third kappa shape index (κ3) is 14.0. The standard InChI is InChI=1S/C20H24N4O2S.C15H24N2O3S.C8H9N3/c1-13(2)8-15-11-22-20(27-3)24(19(15)26)12-17(25)5-4-16-9-14-10-21-7-6-18(14)23-16;1-10(2)7-11-8-16-14(21-6)17(13(11)19)9-12(18)20-15(3,4)5;9-4-7-3-6-5-10-2-1-8(6)11-7/h6-7,9-11,13,23H,4-5,8,12H2,1-3H3;8,10H,7,9H2,1-6H3;1-3,5,11H,4,9H2. The molecule has 6 heterocycles. The molecular weight excluding hydrogens is 787 g/mol. The quantitative estimate of drug-likeness (QED) is 0.0592. The molecule has 0 bridgehead atoms.